The van der Waals surface area contributed by atoms with Crippen LogP contribution >= 0.6 is 46.6 Å². The monoisotopic (exact) mass is 535 g/mol. The molecule has 3 aromatic carbocycles. The minimum Gasteiger partial charge on any atom is -0.479 e. The van der Waals surface area contributed by atoms with E-state index in [-0.39, 0.29) is 10.9 Å². The van der Waals surface area contributed by atoms with Gasteiger partial charge in [0.2, 0.25) is 0 Å². The van der Waals surface area contributed by atoms with Gasteiger partial charge < -0.3 is 14.4 Å². The molecule has 0 radical (unpaired) electrons. The van der Waals surface area contributed by atoms with Crippen LogP contribution in [0.1, 0.15) is 27.6 Å². The van der Waals surface area contributed by atoms with Crippen LogP contribution in [0, 0.1) is 0 Å². The summed E-state index contributed by atoms with van der Waals surface area (Å²) >= 11 is 20.6. The molecule has 5 nitrogen and oxygen atoms in total. The molecule has 1 saturated heterocycles. The Kier molecular flexibility index (Phi) is 7.94. The Hall–Kier alpha value is -2.38. The zero-order valence-corrected chi connectivity index (χ0v) is 21.1. The highest BCUT2D eigenvalue weighted by molar-refractivity contribution is 7.99. The zero-order valence-electron chi connectivity index (χ0n) is 18.0. The van der Waals surface area contributed by atoms with Gasteiger partial charge in [-0.15, -0.1) is 11.8 Å². The third-order valence-electron chi connectivity index (χ3n) is 5.40. The van der Waals surface area contributed by atoms with Crippen LogP contribution in [0.5, 0.6) is 5.75 Å². The van der Waals surface area contributed by atoms with Gasteiger partial charge in [-0.25, -0.2) is 4.79 Å². The summed E-state index contributed by atoms with van der Waals surface area (Å²) in [5.74, 6) is 0.552. The maximum atomic E-state index is 13.1. The second-order valence-corrected chi connectivity index (χ2v) is 9.78. The summed E-state index contributed by atoms with van der Waals surface area (Å²) in [6.07, 6.45) is -0.552. The molecule has 0 saturated carbocycles. The number of hydrogen-bond donors (Lipinski definition) is 0. The highest BCUT2D eigenvalue weighted by atomic mass is 35.5. The van der Waals surface area contributed by atoms with Crippen molar-refractivity contribution in [3.63, 3.8) is 0 Å². The number of carbonyl (C=O) groups excluding carboxylic acids is 2. The Balaban J connectivity index is 1.62. The topological polar surface area (TPSA) is 55.8 Å². The Morgan fingerprint density at radius 1 is 1.00 bits per heavy atom. The first kappa shape index (κ1) is 24.7. The molecule has 0 aliphatic carbocycles. The first-order valence-corrected chi connectivity index (χ1v) is 12.6. The number of ether oxygens (including phenoxy) is 2. The van der Waals surface area contributed by atoms with E-state index in [1.165, 1.54) is 23.8 Å². The third kappa shape index (κ3) is 5.31. The SMILES string of the molecule is COC(=O)C1CSCN1C(=O)c1ccc(OC(c2ccc(Cl)cc2)c2ccccc2Cl)c(Cl)c1. The van der Waals surface area contributed by atoms with Crippen molar-refractivity contribution in [2.75, 3.05) is 18.7 Å². The molecule has 2 atom stereocenters. The van der Waals surface area contributed by atoms with E-state index in [4.69, 9.17) is 44.3 Å². The van der Waals surface area contributed by atoms with Gasteiger partial charge in [-0.2, -0.15) is 0 Å². The maximum absolute atomic E-state index is 13.1. The molecule has 176 valence electrons. The fourth-order valence-electron chi connectivity index (χ4n) is 3.63. The first-order chi connectivity index (χ1) is 16.4. The van der Waals surface area contributed by atoms with Gasteiger partial charge >= 0.3 is 5.97 Å². The van der Waals surface area contributed by atoms with Crippen LogP contribution in [-0.2, 0) is 9.53 Å². The predicted molar refractivity (Wildman–Crippen MR) is 136 cm³/mol. The van der Waals surface area contributed by atoms with Gasteiger partial charge in [0.25, 0.3) is 5.91 Å². The standard InChI is InChI=1S/C25H20Cl3NO4S/c1-32-25(31)21-13-34-14-29(21)24(30)16-8-11-22(20(28)12-16)33-23(15-6-9-17(26)10-7-15)18-4-2-3-5-19(18)27/h2-12,21,23H,13-14H2,1H3. The maximum Gasteiger partial charge on any atom is 0.329 e. The van der Waals surface area contributed by atoms with E-state index < -0.39 is 18.1 Å². The number of benzene rings is 3. The Morgan fingerprint density at radius 3 is 2.41 bits per heavy atom. The summed E-state index contributed by atoms with van der Waals surface area (Å²) in [6, 6.07) is 18.9. The van der Waals surface area contributed by atoms with E-state index in [1.54, 1.807) is 36.4 Å². The molecule has 1 aliphatic heterocycles. The molecule has 2 unspecified atom stereocenters. The molecular formula is C25H20Cl3NO4S. The van der Waals surface area contributed by atoms with Crippen molar-refractivity contribution in [3.05, 3.63) is 98.5 Å². The van der Waals surface area contributed by atoms with Crippen molar-refractivity contribution in [2.24, 2.45) is 0 Å². The minimum absolute atomic E-state index is 0.262. The molecule has 0 spiro atoms. The van der Waals surface area contributed by atoms with Crippen LogP contribution in [0.3, 0.4) is 0 Å². The van der Waals surface area contributed by atoms with Gasteiger partial charge in [-0.1, -0.05) is 65.1 Å². The van der Waals surface area contributed by atoms with Gasteiger partial charge in [0.1, 0.15) is 11.8 Å². The molecule has 3 aromatic rings. The first-order valence-electron chi connectivity index (χ1n) is 10.3. The number of esters is 1. The van der Waals surface area contributed by atoms with E-state index in [0.29, 0.717) is 33.0 Å². The average Bonchev–Trinajstić information content (AvgIpc) is 3.33. The second kappa shape index (κ2) is 10.9. The van der Waals surface area contributed by atoms with Crippen LogP contribution in [0.2, 0.25) is 15.1 Å². The molecule has 1 aliphatic rings. The Labute approximate surface area is 216 Å². The number of hydrogen-bond acceptors (Lipinski definition) is 5. The van der Waals surface area contributed by atoms with Gasteiger partial charge in [-0.3, -0.25) is 4.79 Å². The number of carbonyl (C=O) groups is 2. The van der Waals surface area contributed by atoms with Crippen molar-refractivity contribution in [1.82, 2.24) is 4.90 Å². The van der Waals surface area contributed by atoms with Crippen LogP contribution < -0.4 is 4.74 Å². The number of methoxy groups -OCH3 is 1. The number of rotatable bonds is 6. The van der Waals surface area contributed by atoms with Crippen LogP contribution in [0.25, 0.3) is 0 Å². The largest absolute Gasteiger partial charge is 0.479 e. The summed E-state index contributed by atoms with van der Waals surface area (Å²) < 4.78 is 11.1. The highest BCUT2D eigenvalue weighted by Crippen LogP contribution is 2.37. The smallest absolute Gasteiger partial charge is 0.329 e. The Morgan fingerprint density at radius 2 is 1.74 bits per heavy atom. The van der Waals surface area contributed by atoms with Crippen molar-refractivity contribution in [3.8, 4) is 5.75 Å². The molecular weight excluding hydrogens is 517 g/mol. The minimum atomic E-state index is -0.619. The lowest BCUT2D eigenvalue weighted by molar-refractivity contribution is -0.144. The van der Waals surface area contributed by atoms with Gasteiger partial charge in [0.05, 0.1) is 18.0 Å². The quantitative estimate of drug-likeness (QED) is 0.337. The molecule has 4 rings (SSSR count). The average molecular weight is 537 g/mol. The van der Waals surface area contributed by atoms with E-state index in [0.717, 1.165) is 11.1 Å². The highest BCUT2D eigenvalue weighted by Gasteiger charge is 2.36. The summed E-state index contributed by atoms with van der Waals surface area (Å²) in [6.45, 7) is 0. The van der Waals surface area contributed by atoms with E-state index in [1.807, 2.05) is 30.3 Å². The molecule has 9 heteroatoms. The van der Waals surface area contributed by atoms with Crippen LogP contribution in [0.15, 0.2) is 66.7 Å². The lowest BCUT2D eigenvalue weighted by Gasteiger charge is -2.23. The lowest BCUT2D eigenvalue weighted by Crippen LogP contribution is -2.42. The number of thioether (sulfide) groups is 1. The third-order valence-corrected chi connectivity index (χ3v) is 7.30. The lowest BCUT2D eigenvalue weighted by atomic mass is 10.0. The number of amides is 1. The predicted octanol–water partition coefficient (Wildman–Crippen LogP) is 6.50. The van der Waals surface area contributed by atoms with Crippen molar-refractivity contribution >= 4 is 58.4 Å². The zero-order chi connectivity index (χ0) is 24.2. The Bertz CT molecular complexity index is 1210. The van der Waals surface area contributed by atoms with Crippen molar-refractivity contribution in [2.45, 2.75) is 12.1 Å². The van der Waals surface area contributed by atoms with Gasteiger partial charge in [0, 0.05) is 26.9 Å². The van der Waals surface area contributed by atoms with Gasteiger partial charge in [0.15, 0.2) is 6.10 Å². The van der Waals surface area contributed by atoms with Gasteiger partial charge in [-0.05, 0) is 42.0 Å². The molecule has 1 heterocycles. The van der Waals surface area contributed by atoms with Crippen molar-refractivity contribution < 1.29 is 19.1 Å². The molecule has 1 fully saturated rings. The number of halogens is 3. The number of nitrogens with zero attached hydrogens (tertiary/aromatic N) is 1. The van der Waals surface area contributed by atoms with Crippen LogP contribution in [-0.4, -0.2) is 41.6 Å². The summed E-state index contributed by atoms with van der Waals surface area (Å²) in [7, 11) is 1.31. The van der Waals surface area contributed by atoms with E-state index in [9.17, 15) is 9.59 Å². The van der Waals surface area contributed by atoms with E-state index >= 15 is 0 Å². The fourth-order valence-corrected chi connectivity index (χ4v) is 5.36. The van der Waals surface area contributed by atoms with E-state index in [2.05, 4.69) is 0 Å². The summed E-state index contributed by atoms with van der Waals surface area (Å²) in [5.41, 5.74) is 1.95. The normalized spacial score (nSPS) is 16.2. The summed E-state index contributed by atoms with van der Waals surface area (Å²) in [5, 5.41) is 1.41. The molecule has 0 N–H and O–H groups in total. The molecule has 34 heavy (non-hydrogen) atoms. The fraction of sp³-hybridized carbons (Fsp3) is 0.200. The van der Waals surface area contributed by atoms with Crippen molar-refractivity contribution in [1.29, 1.82) is 0 Å². The molecule has 1 amide bonds. The van der Waals surface area contributed by atoms with Crippen LogP contribution in [0.4, 0.5) is 0 Å². The summed E-state index contributed by atoms with van der Waals surface area (Å²) in [4.78, 5) is 26.6. The molecule has 0 aromatic heterocycles. The molecule has 0 bridgehead atoms. The second-order valence-electron chi connectivity index (χ2n) is 7.53.